The number of allylic oxidation sites excluding steroid dienone is 1. The van der Waals surface area contributed by atoms with Crippen LogP contribution in [0.2, 0.25) is 0 Å². The van der Waals surface area contributed by atoms with Gasteiger partial charge in [0.15, 0.2) is 0 Å². The van der Waals surface area contributed by atoms with Crippen molar-refractivity contribution in [1.82, 2.24) is 0 Å². The molecule has 0 aromatic heterocycles. The lowest BCUT2D eigenvalue weighted by molar-refractivity contribution is -0.149. The van der Waals surface area contributed by atoms with Gasteiger partial charge in [0.2, 0.25) is 0 Å². The van der Waals surface area contributed by atoms with Gasteiger partial charge >= 0.3 is 5.97 Å². The molecule has 142 valence electrons. The average Bonchev–Trinajstić information content (AvgIpc) is 2.94. The number of hydrogen-bond acceptors (Lipinski definition) is 5. The van der Waals surface area contributed by atoms with E-state index in [0.717, 1.165) is 24.2 Å². The fourth-order valence-electron chi connectivity index (χ4n) is 5.38. The third-order valence-electron chi connectivity index (χ3n) is 7.29. The molecule has 0 radical (unpaired) electrons. The first-order chi connectivity index (χ1) is 11.8. The fraction of sp³-hybridized carbons (Fsp3) is 0.842. The average molecular weight is 371 g/mol. The molecule has 0 spiro atoms. The number of ether oxygens (including phenoxy) is 2. The van der Waals surface area contributed by atoms with Crippen molar-refractivity contribution in [2.45, 2.75) is 58.2 Å². The summed E-state index contributed by atoms with van der Waals surface area (Å²) >= 11 is 0. The summed E-state index contributed by atoms with van der Waals surface area (Å²) in [5.74, 6) is 0.411. The van der Waals surface area contributed by atoms with E-state index < -0.39 is 16.9 Å². The molecule has 6 heteroatoms. The second-order valence-electron chi connectivity index (χ2n) is 8.36. The normalized spacial score (nSPS) is 40.6. The van der Waals surface area contributed by atoms with Gasteiger partial charge in [-0.05, 0) is 49.5 Å². The molecule has 3 rings (SSSR count). The van der Waals surface area contributed by atoms with Crippen molar-refractivity contribution in [2.75, 3.05) is 20.0 Å². The second-order valence-corrected chi connectivity index (χ2v) is 9.86. The number of esters is 1. The molecule has 0 amide bonds. The SMILES string of the molecule is COC(=O)[C@@H]1CCC([S@](=O)C[C@]23CC[C@H](C[C@H]2O)C3(C)C)=C[C@H]1OC. The van der Waals surface area contributed by atoms with Gasteiger partial charge in [0.25, 0.3) is 0 Å². The maximum atomic E-state index is 13.1. The number of hydrogen-bond donors (Lipinski definition) is 1. The van der Waals surface area contributed by atoms with Crippen molar-refractivity contribution in [3.8, 4) is 0 Å². The molecule has 0 unspecified atom stereocenters. The summed E-state index contributed by atoms with van der Waals surface area (Å²) in [5, 5.41) is 10.7. The van der Waals surface area contributed by atoms with E-state index in [0.29, 0.717) is 24.5 Å². The van der Waals surface area contributed by atoms with Crippen LogP contribution in [0.15, 0.2) is 11.0 Å². The second kappa shape index (κ2) is 6.78. The first-order valence-corrected chi connectivity index (χ1v) is 10.5. The summed E-state index contributed by atoms with van der Waals surface area (Å²) in [4.78, 5) is 12.7. The number of methoxy groups -OCH3 is 2. The zero-order valence-corrected chi connectivity index (χ0v) is 16.4. The molecular formula is C19H30O5S. The predicted molar refractivity (Wildman–Crippen MR) is 96.2 cm³/mol. The third-order valence-corrected chi connectivity index (χ3v) is 9.00. The Labute approximate surface area is 152 Å². The van der Waals surface area contributed by atoms with Crippen LogP contribution in [-0.4, -0.2) is 47.5 Å². The first kappa shape index (κ1) is 19.1. The van der Waals surface area contributed by atoms with E-state index in [9.17, 15) is 14.1 Å². The van der Waals surface area contributed by atoms with Crippen LogP contribution < -0.4 is 0 Å². The largest absolute Gasteiger partial charge is 0.469 e. The topological polar surface area (TPSA) is 72.8 Å². The van der Waals surface area contributed by atoms with Crippen molar-refractivity contribution < 1.29 is 23.6 Å². The summed E-state index contributed by atoms with van der Waals surface area (Å²) < 4.78 is 23.4. The summed E-state index contributed by atoms with van der Waals surface area (Å²) in [6.07, 6.45) is 5.18. The van der Waals surface area contributed by atoms with E-state index in [-0.39, 0.29) is 28.8 Å². The Hall–Kier alpha value is -0.720. The van der Waals surface area contributed by atoms with Crippen LogP contribution in [0.5, 0.6) is 0 Å². The molecule has 0 saturated heterocycles. The van der Waals surface area contributed by atoms with Gasteiger partial charge in [-0.3, -0.25) is 9.00 Å². The Morgan fingerprint density at radius 3 is 2.60 bits per heavy atom. The molecule has 2 saturated carbocycles. The van der Waals surface area contributed by atoms with Crippen molar-refractivity contribution in [3.63, 3.8) is 0 Å². The predicted octanol–water partition coefficient (Wildman–Crippen LogP) is 2.40. The smallest absolute Gasteiger partial charge is 0.311 e. The van der Waals surface area contributed by atoms with Crippen LogP contribution in [0, 0.1) is 22.7 Å². The first-order valence-electron chi connectivity index (χ1n) is 9.14. The summed E-state index contributed by atoms with van der Waals surface area (Å²) in [6.45, 7) is 4.44. The highest BCUT2D eigenvalue weighted by molar-refractivity contribution is 7.89. The third kappa shape index (κ3) is 2.90. The van der Waals surface area contributed by atoms with Crippen LogP contribution in [0.25, 0.3) is 0 Å². The highest BCUT2D eigenvalue weighted by Gasteiger charge is 2.64. The van der Waals surface area contributed by atoms with Crippen LogP contribution in [0.4, 0.5) is 0 Å². The van der Waals surface area contributed by atoms with Crippen LogP contribution >= 0.6 is 0 Å². The molecule has 0 aromatic carbocycles. The molecule has 3 aliphatic rings. The monoisotopic (exact) mass is 370 g/mol. The van der Waals surface area contributed by atoms with E-state index >= 15 is 0 Å². The molecule has 25 heavy (non-hydrogen) atoms. The van der Waals surface area contributed by atoms with Crippen molar-refractivity contribution >= 4 is 16.8 Å². The Kier molecular flexibility index (Phi) is 5.17. The number of carbonyl (C=O) groups excluding carboxylic acids is 1. The molecule has 6 atom stereocenters. The van der Waals surface area contributed by atoms with Crippen molar-refractivity contribution in [3.05, 3.63) is 11.0 Å². The maximum Gasteiger partial charge on any atom is 0.311 e. The fourth-order valence-corrected chi connectivity index (χ4v) is 7.37. The zero-order chi connectivity index (χ0) is 18.4. The van der Waals surface area contributed by atoms with Gasteiger partial charge in [0, 0.05) is 34.0 Å². The number of rotatable bonds is 5. The molecule has 2 bridgehead atoms. The number of aliphatic hydroxyl groups is 1. The molecule has 5 nitrogen and oxygen atoms in total. The number of carbonyl (C=O) groups is 1. The van der Waals surface area contributed by atoms with Gasteiger partial charge in [0.1, 0.15) is 0 Å². The molecule has 2 fully saturated rings. The van der Waals surface area contributed by atoms with Crippen LogP contribution in [0.1, 0.15) is 46.0 Å². The Bertz CT molecular complexity index is 599. The Morgan fingerprint density at radius 1 is 1.36 bits per heavy atom. The molecule has 3 aliphatic carbocycles. The molecule has 1 N–H and O–H groups in total. The minimum Gasteiger partial charge on any atom is -0.469 e. The maximum absolute atomic E-state index is 13.1. The number of fused-ring (bicyclic) bond motifs is 2. The van der Waals surface area contributed by atoms with E-state index in [1.807, 2.05) is 6.08 Å². The molecule has 0 heterocycles. The quantitative estimate of drug-likeness (QED) is 0.753. The van der Waals surface area contributed by atoms with E-state index in [1.54, 1.807) is 7.11 Å². The van der Waals surface area contributed by atoms with Gasteiger partial charge in [-0.25, -0.2) is 0 Å². The minimum absolute atomic E-state index is 0.0204. The minimum atomic E-state index is -1.16. The molecule has 0 aromatic rings. The highest BCUT2D eigenvalue weighted by atomic mass is 32.2. The van der Waals surface area contributed by atoms with E-state index in [4.69, 9.17) is 9.47 Å². The molecular weight excluding hydrogens is 340 g/mol. The zero-order valence-electron chi connectivity index (χ0n) is 15.6. The number of aliphatic hydroxyl groups excluding tert-OH is 1. The van der Waals surface area contributed by atoms with Gasteiger partial charge < -0.3 is 14.6 Å². The van der Waals surface area contributed by atoms with Crippen LogP contribution in [-0.2, 0) is 25.1 Å². The lowest BCUT2D eigenvalue weighted by Crippen LogP contribution is -2.43. The summed E-state index contributed by atoms with van der Waals surface area (Å²) in [5.41, 5.74) is -0.238. The highest BCUT2D eigenvalue weighted by Crippen LogP contribution is 2.66. The van der Waals surface area contributed by atoms with Gasteiger partial charge in [-0.1, -0.05) is 13.8 Å². The van der Waals surface area contributed by atoms with Crippen molar-refractivity contribution in [2.24, 2.45) is 22.7 Å². The molecule has 0 aliphatic heterocycles. The van der Waals surface area contributed by atoms with Crippen LogP contribution in [0.3, 0.4) is 0 Å². The van der Waals surface area contributed by atoms with E-state index in [2.05, 4.69) is 13.8 Å². The Balaban J connectivity index is 1.78. The lowest BCUT2D eigenvalue weighted by Gasteiger charge is -2.40. The summed E-state index contributed by atoms with van der Waals surface area (Å²) in [7, 11) is 1.78. The van der Waals surface area contributed by atoms with Gasteiger partial charge in [0.05, 0.1) is 25.2 Å². The van der Waals surface area contributed by atoms with E-state index in [1.165, 1.54) is 7.11 Å². The lowest BCUT2D eigenvalue weighted by atomic mass is 9.70. The van der Waals surface area contributed by atoms with Gasteiger partial charge in [-0.15, -0.1) is 0 Å². The Morgan fingerprint density at radius 2 is 2.08 bits per heavy atom. The van der Waals surface area contributed by atoms with Gasteiger partial charge in [-0.2, -0.15) is 0 Å². The van der Waals surface area contributed by atoms with Crippen molar-refractivity contribution in [1.29, 1.82) is 0 Å². The standard InChI is InChI=1S/C19H30O5S/c1-18(2)12-7-8-19(18,16(20)9-12)11-25(22)13-5-6-14(17(21)24-4)15(10-13)23-3/h10,12,14-16,20H,5-9,11H2,1-4H3/t12-,14-,15-,16-,19-,25-/m1/s1. The summed E-state index contributed by atoms with van der Waals surface area (Å²) in [6, 6.07) is 0.